The minimum Gasteiger partial charge on any atom is -0.497 e. The van der Waals surface area contributed by atoms with Gasteiger partial charge in [0.05, 0.1) is 23.5 Å². The van der Waals surface area contributed by atoms with Crippen molar-refractivity contribution >= 4 is 27.5 Å². The molecule has 5 nitrogen and oxygen atoms in total. The van der Waals surface area contributed by atoms with Gasteiger partial charge in [0.1, 0.15) is 5.75 Å². The maximum Gasteiger partial charge on any atom is 0.255 e. The molecule has 1 heterocycles. The third kappa shape index (κ3) is 3.60. The van der Waals surface area contributed by atoms with Crippen LogP contribution in [-0.2, 0) is 0 Å². The summed E-state index contributed by atoms with van der Waals surface area (Å²) < 4.78 is 7.72. The molecule has 1 aromatic heterocycles. The predicted octanol–water partition coefficient (Wildman–Crippen LogP) is 3.90. The van der Waals surface area contributed by atoms with Crippen LogP contribution >= 0.6 is 15.9 Å². The topological polar surface area (TPSA) is 56.1 Å². The summed E-state index contributed by atoms with van der Waals surface area (Å²) in [6, 6.07) is 14.4. The molecule has 0 aliphatic carbocycles. The van der Waals surface area contributed by atoms with Gasteiger partial charge in [0.25, 0.3) is 5.91 Å². The van der Waals surface area contributed by atoms with Gasteiger partial charge in [0, 0.05) is 17.4 Å². The Morgan fingerprint density at radius 2 is 1.83 bits per heavy atom. The molecule has 6 heteroatoms. The Morgan fingerprint density at radius 1 is 1.13 bits per heavy atom. The van der Waals surface area contributed by atoms with E-state index in [1.54, 1.807) is 54.4 Å². The Morgan fingerprint density at radius 3 is 2.39 bits per heavy atom. The number of aromatic nitrogens is 2. The number of carbonyl (C=O) groups excluding carboxylic acids is 1. The molecule has 0 unspecified atom stereocenters. The summed E-state index contributed by atoms with van der Waals surface area (Å²) in [6.45, 7) is 0. The second-order valence-corrected chi connectivity index (χ2v) is 5.75. The van der Waals surface area contributed by atoms with E-state index in [4.69, 9.17) is 4.74 Å². The van der Waals surface area contributed by atoms with Gasteiger partial charge >= 0.3 is 0 Å². The SMILES string of the molecule is COc1ccc(NC(=O)c2ccc(-n3cc(Br)cn3)cc2)cc1. The Bertz CT molecular complexity index is 811. The molecule has 2 aromatic carbocycles. The number of hydrogen-bond donors (Lipinski definition) is 1. The molecule has 1 N–H and O–H groups in total. The molecule has 1 amide bonds. The molecule has 0 spiro atoms. The highest BCUT2D eigenvalue weighted by atomic mass is 79.9. The number of nitrogens with one attached hydrogen (secondary N) is 1. The lowest BCUT2D eigenvalue weighted by Crippen LogP contribution is -2.11. The normalized spacial score (nSPS) is 10.3. The number of halogens is 1. The lowest BCUT2D eigenvalue weighted by atomic mass is 10.2. The monoisotopic (exact) mass is 371 g/mol. The van der Waals surface area contributed by atoms with E-state index in [0.717, 1.165) is 21.6 Å². The summed E-state index contributed by atoms with van der Waals surface area (Å²) in [6.07, 6.45) is 3.57. The van der Waals surface area contributed by atoms with Crippen molar-refractivity contribution in [3.05, 3.63) is 71.0 Å². The van der Waals surface area contributed by atoms with Crippen molar-refractivity contribution in [2.45, 2.75) is 0 Å². The first kappa shape index (κ1) is 15.3. The average molecular weight is 372 g/mol. The van der Waals surface area contributed by atoms with Gasteiger partial charge in [-0.3, -0.25) is 4.79 Å². The lowest BCUT2D eigenvalue weighted by Gasteiger charge is -2.07. The third-order valence-corrected chi connectivity index (χ3v) is 3.70. The standard InChI is InChI=1S/C17H14BrN3O2/c1-23-16-8-4-14(5-9-16)20-17(22)12-2-6-15(7-3-12)21-11-13(18)10-19-21/h2-11H,1H3,(H,20,22). The molecule has 3 rings (SSSR count). The van der Waals surface area contributed by atoms with Gasteiger partial charge in [-0.15, -0.1) is 0 Å². The van der Waals surface area contributed by atoms with Crippen molar-refractivity contribution in [3.63, 3.8) is 0 Å². The minimum absolute atomic E-state index is 0.164. The molecule has 0 bridgehead atoms. The largest absolute Gasteiger partial charge is 0.497 e. The second-order valence-electron chi connectivity index (χ2n) is 4.83. The van der Waals surface area contributed by atoms with E-state index in [9.17, 15) is 4.79 Å². The summed E-state index contributed by atoms with van der Waals surface area (Å²) in [5.41, 5.74) is 2.18. The van der Waals surface area contributed by atoms with E-state index in [-0.39, 0.29) is 5.91 Å². The van der Waals surface area contributed by atoms with Gasteiger partial charge in [-0.05, 0) is 64.5 Å². The number of hydrogen-bond acceptors (Lipinski definition) is 3. The predicted molar refractivity (Wildman–Crippen MR) is 92.2 cm³/mol. The van der Waals surface area contributed by atoms with Crippen molar-refractivity contribution in [2.24, 2.45) is 0 Å². The fourth-order valence-electron chi connectivity index (χ4n) is 2.09. The number of rotatable bonds is 4. The first-order valence-electron chi connectivity index (χ1n) is 6.92. The van der Waals surface area contributed by atoms with Crippen LogP contribution in [0.4, 0.5) is 5.69 Å². The number of anilines is 1. The maximum absolute atomic E-state index is 12.2. The van der Waals surface area contributed by atoms with Crippen molar-refractivity contribution in [3.8, 4) is 11.4 Å². The van der Waals surface area contributed by atoms with Gasteiger partial charge in [0.2, 0.25) is 0 Å². The van der Waals surface area contributed by atoms with Crippen molar-refractivity contribution in [1.82, 2.24) is 9.78 Å². The quantitative estimate of drug-likeness (QED) is 0.756. The summed E-state index contributed by atoms with van der Waals surface area (Å²) in [5.74, 6) is 0.584. The minimum atomic E-state index is -0.164. The Labute approximate surface area is 142 Å². The summed E-state index contributed by atoms with van der Waals surface area (Å²) in [7, 11) is 1.60. The van der Waals surface area contributed by atoms with Gasteiger partial charge in [-0.25, -0.2) is 4.68 Å². The number of carbonyl (C=O) groups is 1. The molecule has 23 heavy (non-hydrogen) atoms. The van der Waals surface area contributed by atoms with E-state index >= 15 is 0 Å². The number of nitrogens with zero attached hydrogens (tertiary/aromatic N) is 2. The van der Waals surface area contributed by atoms with E-state index in [2.05, 4.69) is 26.3 Å². The first-order chi connectivity index (χ1) is 11.2. The van der Waals surface area contributed by atoms with Crippen LogP contribution in [0.25, 0.3) is 5.69 Å². The molecule has 3 aromatic rings. The van der Waals surface area contributed by atoms with E-state index < -0.39 is 0 Å². The fraction of sp³-hybridized carbons (Fsp3) is 0.0588. The molecule has 0 atom stereocenters. The summed E-state index contributed by atoms with van der Waals surface area (Å²) in [4.78, 5) is 12.2. The molecule has 116 valence electrons. The van der Waals surface area contributed by atoms with Crippen LogP contribution in [0.1, 0.15) is 10.4 Å². The highest BCUT2D eigenvalue weighted by Crippen LogP contribution is 2.17. The molecule has 0 saturated carbocycles. The van der Waals surface area contributed by atoms with Crippen LogP contribution in [0.3, 0.4) is 0 Å². The Hall–Kier alpha value is -2.60. The van der Waals surface area contributed by atoms with Crippen molar-refractivity contribution in [1.29, 1.82) is 0 Å². The van der Waals surface area contributed by atoms with E-state index in [0.29, 0.717) is 5.56 Å². The Balaban J connectivity index is 1.72. The zero-order valence-electron chi connectivity index (χ0n) is 12.4. The average Bonchev–Trinajstić information content (AvgIpc) is 3.02. The zero-order valence-corrected chi connectivity index (χ0v) is 13.9. The number of benzene rings is 2. The van der Waals surface area contributed by atoms with Crippen LogP contribution < -0.4 is 10.1 Å². The zero-order chi connectivity index (χ0) is 16.2. The lowest BCUT2D eigenvalue weighted by molar-refractivity contribution is 0.102. The molecule has 0 saturated heterocycles. The van der Waals surface area contributed by atoms with Crippen LogP contribution in [0.5, 0.6) is 5.75 Å². The molecular formula is C17H14BrN3O2. The second kappa shape index (κ2) is 6.66. The van der Waals surface area contributed by atoms with Crippen LogP contribution in [0, 0.1) is 0 Å². The molecule has 0 aliphatic heterocycles. The van der Waals surface area contributed by atoms with E-state index in [1.807, 2.05) is 18.3 Å². The van der Waals surface area contributed by atoms with Gasteiger partial charge in [-0.2, -0.15) is 5.10 Å². The number of methoxy groups -OCH3 is 1. The first-order valence-corrected chi connectivity index (χ1v) is 7.71. The molecular weight excluding hydrogens is 358 g/mol. The number of ether oxygens (including phenoxy) is 1. The van der Waals surface area contributed by atoms with Gasteiger partial charge < -0.3 is 10.1 Å². The third-order valence-electron chi connectivity index (χ3n) is 3.29. The fourth-order valence-corrected chi connectivity index (χ4v) is 2.37. The highest BCUT2D eigenvalue weighted by Gasteiger charge is 2.07. The molecule has 0 radical (unpaired) electrons. The van der Waals surface area contributed by atoms with Gasteiger partial charge in [-0.1, -0.05) is 0 Å². The summed E-state index contributed by atoms with van der Waals surface area (Å²) in [5, 5.41) is 7.05. The smallest absolute Gasteiger partial charge is 0.255 e. The number of amides is 1. The Kier molecular flexibility index (Phi) is 4.43. The van der Waals surface area contributed by atoms with Crippen molar-refractivity contribution in [2.75, 3.05) is 12.4 Å². The van der Waals surface area contributed by atoms with Crippen molar-refractivity contribution < 1.29 is 9.53 Å². The van der Waals surface area contributed by atoms with Crippen LogP contribution in [-0.4, -0.2) is 22.8 Å². The highest BCUT2D eigenvalue weighted by molar-refractivity contribution is 9.10. The van der Waals surface area contributed by atoms with E-state index in [1.165, 1.54) is 0 Å². The van der Waals surface area contributed by atoms with Gasteiger partial charge in [0.15, 0.2) is 0 Å². The molecule has 0 fully saturated rings. The molecule has 0 aliphatic rings. The summed E-state index contributed by atoms with van der Waals surface area (Å²) >= 11 is 3.36. The maximum atomic E-state index is 12.2. The van der Waals surface area contributed by atoms with Crippen LogP contribution in [0.2, 0.25) is 0 Å². The van der Waals surface area contributed by atoms with Crippen LogP contribution in [0.15, 0.2) is 65.4 Å².